The molecule has 1 nitrogen and oxygen atoms in total. The van der Waals surface area contributed by atoms with Crippen molar-refractivity contribution in [3.05, 3.63) is 182 Å². The van der Waals surface area contributed by atoms with Crippen LogP contribution in [0.15, 0.2) is 186 Å². The predicted molar refractivity (Wildman–Crippen MR) is 208 cm³/mol. The molecule has 0 atom stereocenters. The second kappa shape index (κ2) is 11.1. The fourth-order valence-electron chi connectivity index (χ4n) is 7.81. The Morgan fingerprint density at radius 1 is 0.265 bits per heavy atom. The van der Waals surface area contributed by atoms with Crippen LogP contribution in [0.5, 0.6) is 0 Å². The minimum absolute atomic E-state index is 0.904. The summed E-state index contributed by atoms with van der Waals surface area (Å²) in [5, 5.41) is 9.69. The summed E-state index contributed by atoms with van der Waals surface area (Å²) in [4.78, 5) is 0. The van der Waals surface area contributed by atoms with E-state index in [0.717, 1.165) is 21.9 Å². The highest BCUT2D eigenvalue weighted by atomic mass is 16.3. The predicted octanol–water partition coefficient (Wildman–Crippen LogP) is 13.7. The topological polar surface area (TPSA) is 13.1 Å². The Bertz CT molecular complexity index is 2800. The minimum atomic E-state index is 0.904. The summed E-state index contributed by atoms with van der Waals surface area (Å²) in [5.74, 6) is 0. The van der Waals surface area contributed by atoms with Crippen LogP contribution in [0, 0.1) is 0 Å². The second-order valence-corrected chi connectivity index (χ2v) is 12.8. The molecule has 1 heteroatoms. The average Bonchev–Trinajstić information content (AvgIpc) is 3.56. The highest BCUT2D eigenvalue weighted by Gasteiger charge is 2.19. The van der Waals surface area contributed by atoms with Crippen molar-refractivity contribution in [1.82, 2.24) is 0 Å². The van der Waals surface area contributed by atoms with Gasteiger partial charge in [-0.2, -0.15) is 0 Å². The Morgan fingerprint density at radius 3 is 1.39 bits per heavy atom. The summed E-state index contributed by atoms with van der Waals surface area (Å²) in [5.41, 5.74) is 11.6. The summed E-state index contributed by atoms with van der Waals surface area (Å²) < 4.78 is 6.47. The molecular formula is C48H30O. The molecule has 0 fully saturated rings. The SMILES string of the molecule is c1ccc(-c2cccc(-c3c4ccccc4c(-c4ccc5oc6ccc7cc(-c8ccccc8)ccc7c6c5c4)c4ccccc34)c2)cc1. The maximum absolute atomic E-state index is 6.47. The summed E-state index contributed by atoms with van der Waals surface area (Å²) in [6.07, 6.45) is 0. The first-order chi connectivity index (χ1) is 24.3. The van der Waals surface area contributed by atoms with Gasteiger partial charge in [0.25, 0.3) is 0 Å². The zero-order chi connectivity index (χ0) is 32.3. The molecule has 0 N–H and O–H groups in total. The summed E-state index contributed by atoms with van der Waals surface area (Å²) >= 11 is 0. The lowest BCUT2D eigenvalue weighted by Crippen LogP contribution is -1.91. The first-order valence-electron chi connectivity index (χ1n) is 16.8. The minimum Gasteiger partial charge on any atom is -0.456 e. The van der Waals surface area contributed by atoms with Gasteiger partial charge in [-0.25, -0.2) is 0 Å². The van der Waals surface area contributed by atoms with Gasteiger partial charge < -0.3 is 4.42 Å². The number of furan rings is 1. The van der Waals surface area contributed by atoms with E-state index in [1.165, 1.54) is 76.8 Å². The molecule has 0 aliphatic rings. The molecule has 0 saturated carbocycles. The molecule has 228 valence electrons. The number of rotatable bonds is 4. The van der Waals surface area contributed by atoms with Crippen molar-refractivity contribution in [3.63, 3.8) is 0 Å². The highest BCUT2D eigenvalue weighted by Crippen LogP contribution is 2.46. The molecule has 0 unspecified atom stereocenters. The number of benzene rings is 9. The van der Waals surface area contributed by atoms with Crippen LogP contribution in [0.3, 0.4) is 0 Å². The van der Waals surface area contributed by atoms with E-state index in [1.54, 1.807) is 0 Å². The maximum atomic E-state index is 6.47. The van der Waals surface area contributed by atoms with E-state index in [1.807, 2.05) is 0 Å². The van der Waals surface area contributed by atoms with E-state index >= 15 is 0 Å². The third-order valence-electron chi connectivity index (χ3n) is 10.0. The molecule has 0 bridgehead atoms. The second-order valence-electron chi connectivity index (χ2n) is 12.8. The van der Waals surface area contributed by atoms with Gasteiger partial charge in [-0.1, -0.05) is 152 Å². The van der Waals surface area contributed by atoms with E-state index in [-0.39, 0.29) is 0 Å². The fourth-order valence-corrected chi connectivity index (χ4v) is 7.81. The van der Waals surface area contributed by atoms with Crippen molar-refractivity contribution in [2.75, 3.05) is 0 Å². The Labute approximate surface area is 284 Å². The molecule has 0 aliphatic carbocycles. The Hall–Kier alpha value is -6.44. The monoisotopic (exact) mass is 622 g/mol. The van der Waals surface area contributed by atoms with Crippen molar-refractivity contribution in [2.24, 2.45) is 0 Å². The summed E-state index contributed by atoms with van der Waals surface area (Å²) in [7, 11) is 0. The Morgan fingerprint density at radius 2 is 0.755 bits per heavy atom. The average molecular weight is 623 g/mol. The van der Waals surface area contributed by atoms with Crippen molar-refractivity contribution in [1.29, 1.82) is 0 Å². The van der Waals surface area contributed by atoms with Crippen molar-refractivity contribution < 1.29 is 4.42 Å². The molecule has 9 aromatic carbocycles. The van der Waals surface area contributed by atoms with Crippen molar-refractivity contribution in [3.8, 4) is 44.5 Å². The molecule has 0 spiro atoms. The van der Waals surface area contributed by atoms with Crippen LogP contribution >= 0.6 is 0 Å². The third kappa shape index (κ3) is 4.47. The van der Waals surface area contributed by atoms with E-state index < -0.39 is 0 Å². The first-order valence-corrected chi connectivity index (χ1v) is 16.8. The smallest absolute Gasteiger partial charge is 0.136 e. The van der Waals surface area contributed by atoms with Crippen LogP contribution in [0.25, 0.3) is 98.8 Å². The van der Waals surface area contributed by atoms with Gasteiger partial charge in [-0.15, -0.1) is 0 Å². The quantitative estimate of drug-likeness (QED) is 0.178. The van der Waals surface area contributed by atoms with Crippen molar-refractivity contribution in [2.45, 2.75) is 0 Å². The van der Waals surface area contributed by atoms with Crippen molar-refractivity contribution >= 4 is 54.3 Å². The summed E-state index contributed by atoms with van der Waals surface area (Å²) in [6.45, 7) is 0. The molecule has 0 radical (unpaired) electrons. The van der Waals surface area contributed by atoms with E-state index in [9.17, 15) is 0 Å². The van der Waals surface area contributed by atoms with Gasteiger partial charge in [-0.3, -0.25) is 0 Å². The van der Waals surface area contributed by atoms with Crippen LogP contribution in [-0.4, -0.2) is 0 Å². The lowest BCUT2D eigenvalue weighted by molar-refractivity contribution is 0.669. The van der Waals surface area contributed by atoms with Gasteiger partial charge >= 0.3 is 0 Å². The van der Waals surface area contributed by atoms with Crippen LogP contribution in [0.4, 0.5) is 0 Å². The Balaban J connectivity index is 1.21. The van der Waals surface area contributed by atoms with Gasteiger partial charge in [0.2, 0.25) is 0 Å². The number of fused-ring (bicyclic) bond motifs is 7. The zero-order valence-corrected chi connectivity index (χ0v) is 26.7. The van der Waals surface area contributed by atoms with Gasteiger partial charge in [0.05, 0.1) is 0 Å². The summed E-state index contributed by atoms with van der Waals surface area (Å²) in [6, 6.07) is 65.7. The lowest BCUT2D eigenvalue weighted by atomic mass is 9.85. The van der Waals surface area contributed by atoms with Gasteiger partial charge in [0.15, 0.2) is 0 Å². The zero-order valence-electron chi connectivity index (χ0n) is 26.7. The normalized spacial score (nSPS) is 11.7. The molecule has 0 saturated heterocycles. The maximum Gasteiger partial charge on any atom is 0.136 e. The van der Waals surface area contributed by atoms with Crippen LogP contribution in [-0.2, 0) is 0 Å². The van der Waals surface area contributed by atoms with E-state index in [2.05, 4.69) is 182 Å². The van der Waals surface area contributed by atoms with E-state index in [0.29, 0.717) is 0 Å². The largest absolute Gasteiger partial charge is 0.456 e. The highest BCUT2D eigenvalue weighted by molar-refractivity contribution is 6.24. The molecular weight excluding hydrogens is 593 g/mol. The van der Waals surface area contributed by atoms with Gasteiger partial charge in [0, 0.05) is 10.8 Å². The molecule has 10 aromatic rings. The number of hydrogen-bond acceptors (Lipinski definition) is 1. The van der Waals surface area contributed by atoms with Gasteiger partial charge in [-0.05, 0) is 107 Å². The van der Waals surface area contributed by atoms with E-state index in [4.69, 9.17) is 4.42 Å². The van der Waals surface area contributed by atoms with Crippen LogP contribution < -0.4 is 0 Å². The molecule has 1 heterocycles. The molecule has 0 amide bonds. The molecule has 1 aromatic heterocycles. The van der Waals surface area contributed by atoms with Crippen LogP contribution in [0.2, 0.25) is 0 Å². The molecule has 10 rings (SSSR count). The third-order valence-corrected chi connectivity index (χ3v) is 10.0. The van der Waals surface area contributed by atoms with Crippen LogP contribution in [0.1, 0.15) is 0 Å². The number of hydrogen-bond donors (Lipinski definition) is 0. The Kier molecular flexibility index (Phi) is 6.25. The van der Waals surface area contributed by atoms with Gasteiger partial charge in [0.1, 0.15) is 11.2 Å². The standard InChI is InChI=1S/C48H30O/c1-3-12-31(13-4-1)33-16-11-17-36(29-33)46-39-18-7-9-20-41(39)47(42-21-10-8-19-40(42)46)37-24-26-44-43(30-37)48-38-25-22-34(32-14-5-2-6-15-32)28-35(38)23-27-45(48)49-44/h1-30H. The fraction of sp³-hybridized carbons (Fsp3) is 0. The first kappa shape index (κ1) is 27.7. The molecule has 0 aliphatic heterocycles. The lowest BCUT2D eigenvalue weighted by Gasteiger charge is -2.18. The molecule has 49 heavy (non-hydrogen) atoms.